The molecule has 0 saturated carbocycles. The van der Waals surface area contributed by atoms with E-state index in [0.717, 1.165) is 0 Å². The SMILES string of the molecule is C=C(C)C(=O)OCCS(=O)CC. The largest absolute Gasteiger partial charge is 0.461 e. The summed E-state index contributed by atoms with van der Waals surface area (Å²) in [6, 6.07) is 0. The van der Waals surface area contributed by atoms with Gasteiger partial charge in [0, 0.05) is 22.1 Å². The van der Waals surface area contributed by atoms with Gasteiger partial charge in [0.05, 0.1) is 5.75 Å². The van der Waals surface area contributed by atoms with E-state index in [0.29, 0.717) is 17.1 Å². The molecule has 0 saturated heterocycles. The Balaban J connectivity index is 3.50. The first-order valence-electron chi connectivity index (χ1n) is 3.75. The van der Waals surface area contributed by atoms with E-state index in [2.05, 4.69) is 6.58 Å². The summed E-state index contributed by atoms with van der Waals surface area (Å²) in [5.41, 5.74) is 0.372. The molecule has 0 fully saturated rings. The van der Waals surface area contributed by atoms with E-state index in [1.54, 1.807) is 6.92 Å². The number of hydrogen-bond acceptors (Lipinski definition) is 3. The van der Waals surface area contributed by atoms with Crippen LogP contribution in [0.25, 0.3) is 0 Å². The van der Waals surface area contributed by atoms with Crippen LogP contribution in [-0.2, 0) is 20.3 Å². The number of rotatable bonds is 5. The molecule has 3 nitrogen and oxygen atoms in total. The summed E-state index contributed by atoms with van der Waals surface area (Å²) in [6.07, 6.45) is 0. The molecule has 0 radical (unpaired) electrons. The van der Waals surface area contributed by atoms with Gasteiger partial charge in [-0.15, -0.1) is 0 Å². The lowest BCUT2D eigenvalue weighted by atomic mass is 10.4. The van der Waals surface area contributed by atoms with Crippen molar-refractivity contribution in [3.63, 3.8) is 0 Å². The van der Waals surface area contributed by atoms with Crippen LogP contribution in [0, 0.1) is 0 Å². The zero-order chi connectivity index (χ0) is 9.56. The standard InChI is InChI=1S/C8H14O3S/c1-4-12(10)6-5-11-8(9)7(2)3/h2,4-6H2,1,3H3. The second-order valence-corrected chi connectivity index (χ2v) is 4.21. The summed E-state index contributed by atoms with van der Waals surface area (Å²) in [5, 5.41) is 0. The fourth-order valence-electron chi connectivity index (χ4n) is 0.495. The number of hydrogen-bond donors (Lipinski definition) is 0. The molecule has 0 amide bonds. The van der Waals surface area contributed by atoms with Gasteiger partial charge in [-0.2, -0.15) is 0 Å². The highest BCUT2D eigenvalue weighted by Crippen LogP contribution is 1.92. The van der Waals surface area contributed by atoms with E-state index in [1.807, 2.05) is 6.92 Å². The summed E-state index contributed by atoms with van der Waals surface area (Å²) in [6.45, 7) is 7.05. The first-order valence-corrected chi connectivity index (χ1v) is 5.24. The van der Waals surface area contributed by atoms with E-state index in [1.165, 1.54) is 0 Å². The van der Waals surface area contributed by atoms with E-state index < -0.39 is 16.8 Å². The predicted octanol–water partition coefficient (Wildman–Crippen LogP) is 0.874. The molecule has 1 unspecified atom stereocenters. The van der Waals surface area contributed by atoms with Crippen LogP contribution >= 0.6 is 0 Å². The smallest absolute Gasteiger partial charge is 0.333 e. The molecule has 0 aromatic carbocycles. The number of carbonyl (C=O) groups is 1. The lowest BCUT2D eigenvalue weighted by Crippen LogP contribution is -2.12. The molecule has 0 aliphatic heterocycles. The highest BCUT2D eigenvalue weighted by molar-refractivity contribution is 7.84. The lowest BCUT2D eigenvalue weighted by Gasteiger charge is -2.02. The zero-order valence-corrected chi connectivity index (χ0v) is 8.28. The highest BCUT2D eigenvalue weighted by atomic mass is 32.2. The molecule has 0 N–H and O–H groups in total. The Labute approximate surface area is 75.3 Å². The zero-order valence-electron chi connectivity index (χ0n) is 7.46. The van der Waals surface area contributed by atoms with Gasteiger partial charge in [-0.05, 0) is 6.92 Å². The minimum absolute atomic E-state index is 0.214. The molecule has 0 spiro atoms. The van der Waals surface area contributed by atoms with Crippen LogP contribution in [0.15, 0.2) is 12.2 Å². The van der Waals surface area contributed by atoms with Gasteiger partial charge in [0.2, 0.25) is 0 Å². The molecule has 0 aromatic rings. The Morgan fingerprint density at radius 3 is 2.58 bits per heavy atom. The maximum atomic E-state index is 10.9. The molecule has 0 rings (SSSR count). The summed E-state index contributed by atoms with van der Waals surface area (Å²) >= 11 is 0. The van der Waals surface area contributed by atoms with Crippen molar-refractivity contribution in [1.82, 2.24) is 0 Å². The fourth-order valence-corrected chi connectivity index (χ4v) is 1.05. The maximum Gasteiger partial charge on any atom is 0.333 e. The molecule has 0 aliphatic carbocycles. The molecule has 0 aliphatic rings. The first-order chi connectivity index (χ1) is 5.57. The fraction of sp³-hybridized carbons (Fsp3) is 0.625. The van der Waals surface area contributed by atoms with Gasteiger partial charge in [-0.25, -0.2) is 4.79 Å². The summed E-state index contributed by atoms with van der Waals surface area (Å²) in [7, 11) is -0.864. The van der Waals surface area contributed by atoms with Crippen molar-refractivity contribution in [3.8, 4) is 0 Å². The Hall–Kier alpha value is -0.640. The van der Waals surface area contributed by atoms with Crippen molar-refractivity contribution in [3.05, 3.63) is 12.2 Å². The Morgan fingerprint density at radius 2 is 2.17 bits per heavy atom. The quantitative estimate of drug-likeness (QED) is 0.477. The van der Waals surface area contributed by atoms with Gasteiger partial charge < -0.3 is 4.74 Å². The Morgan fingerprint density at radius 1 is 1.58 bits per heavy atom. The molecule has 0 aromatic heterocycles. The van der Waals surface area contributed by atoms with Crippen molar-refractivity contribution in [2.45, 2.75) is 13.8 Å². The van der Waals surface area contributed by atoms with E-state index >= 15 is 0 Å². The van der Waals surface area contributed by atoms with Gasteiger partial charge in [-0.1, -0.05) is 13.5 Å². The number of esters is 1. The molecule has 0 heterocycles. The average molecular weight is 190 g/mol. The van der Waals surface area contributed by atoms with Crippen LogP contribution in [-0.4, -0.2) is 28.3 Å². The topological polar surface area (TPSA) is 43.4 Å². The van der Waals surface area contributed by atoms with Crippen LogP contribution in [0.5, 0.6) is 0 Å². The molecule has 12 heavy (non-hydrogen) atoms. The summed E-state index contributed by atoms with van der Waals surface area (Å²) < 4.78 is 15.6. The molecule has 1 atom stereocenters. The molecular formula is C8H14O3S. The van der Waals surface area contributed by atoms with E-state index in [-0.39, 0.29) is 6.61 Å². The second-order valence-electron chi connectivity index (χ2n) is 2.35. The normalized spacial score (nSPS) is 12.2. The van der Waals surface area contributed by atoms with Crippen LogP contribution in [0.3, 0.4) is 0 Å². The van der Waals surface area contributed by atoms with Crippen LogP contribution in [0.2, 0.25) is 0 Å². The third kappa shape index (κ3) is 5.07. The monoisotopic (exact) mass is 190 g/mol. The summed E-state index contributed by atoms with van der Waals surface area (Å²) in [5.74, 6) is 0.600. The van der Waals surface area contributed by atoms with Gasteiger partial charge in [0.25, 0.3) is 0 Å². The minimum Gasteiger partial charge on any atom is -0.461 e. The average Bonchev–Trinajstić information content (AvgIpc) is 2.03. The number of ether oxygens (including phenoxy) is 1. The Kier molecular flexibility index (Phi) is 5.62. The minimum atomic E-state index is -0.864. The van der Waals surface area contributed by atoms with Gasteiger partial charge in [0.15, 0.2) is 0 Å². The van der Waals surface area contributed by atoms with Crippen molar-refractivity contribution in [1.29, 1.82) is 0 Å². The Bertz CT molecular complexity index is 198. The first kappa shape index (κ1) is 11.4. The molecule has 70 valence electrons. The van der Waals surface area contributed by atoms with Crippen LogP contribution in [0.4, 0.5) is 0 Å². The lowest BCUT2D eigenvalue weighted by molar-refractivity contribution is -0.138. The van der Waals surface area contributed by atoms with E-state index in [9.17, 15) is 9.00 Å². The molecular weight excluding hydrogens is 176 g/mol. The number of carbonyl (C=O) groups excluding carboxylic acids is 1. The third-order valence-corrected chi connectivity index (χ3v) is 2.48. The third-order valence-electron chi connectivity index (χ3n) is 1.21. The van der Waals surface area contributed by atoms with Gasteiger partial charge in [-0.3, -0.25) is 4.21 Å². The molecule has 4 heteroatoms. The van der Waals surface area contributed by atoms with Crippen molar-refractivity contribution in [2.75, 3.05) is 18.1 Å². The van der Waals surface area contributed by atoms with Crippen molar-refractivity contribution in [2.24, 2.45) is 0 Å². The van der Waals surface area contributed by atoms with Crippen LogP contribution in [0.1, 0.15) is 13.8 Å². The van der Waals surface area contributed by atoms with Gasteiger partial charge >= 0.3 is 5.97 Å². The van der Waals surface area contributed by atoms with E-state index in [4.69, 9.17) is 4.74 Å². The van der Waals surface area contributed by atoms with Crippen LogP contribution < -0.4 is 0 Å². The highest BCUT2D eigenvalue weighted by Gasteiger charge is 2.03. The van der Waals surface area contributed by atoms with Crippen molar-refractivity contribution >= 4 is 16.8 Å². The summed E-state index contributed by atoms with van der Waals surface area (Å²) in [4.78, 5) is 10.8. The van der Waals surface area contributed by atoms with Crippen molar-refractivity contribution < 1.29 is 13.7 Å². The maximum absolute atomic E-state index is 10.9. The predicted molar refractivity (Wildman–Crippen MR) is 49.3 cm³/mol. The van der Waals surface area contributed by atoms with Gasteiger partial charge in [0.1, 0.15) is 6.61 Å². The second kappa shape index (κ2) is 5.94. The molecule has 0 bridgehead atoms.